The number of nitrogens with two attached hydrogens (primary N) is 1. The van der Waals surface area contributed by atoms with Crippen molar-refractivity contribution in [3.63, 3.8) is 0 Å². The third-order valence-corrected chi connectivity index (χ3v) is 4.94. The minimum atomic E-state index is 0.0846. The van der Waals surface area contributed by atoms with Crippen molar-refractivity contribution in [2.24, 2.45) is 11.7 Å². The molecule has 3 heteroatoms. The van der Waals surface area contributed by atoms with Gasteiger partial charge in [0.25, 0.3) is 0 Å². The third kappa shape index (κ3) is 2.45. The van der Waals surface area contributed by atoms with Crippen molar-refractivity contribution < 1.29 is 4.74 Å². The molecule has 1 fully saturated rings. The summed E-state index contributed by atoms with van der Waals surface area (Å²) >= 11 is 0. The highest BCUT2D eigenvalue weighted by Crippen LogP contribution is 2.38. The second-order valence-electron chi connectivity index (χ2n) is 6.44. The van der Waals surface area contributed by atoms with E-state index in [2.05, 4.69) is 36.1 Å². The number of hydrogen-bond acceptors (Lipinski definition) is 3. The molecule has 2 aliphatic rings. The van der Waals surface area contributed by atoms with Gasteiger partial charge < -0.3 is 15.4 Å². The van der Waals surface area contributed by atoms with Crippen LogP contribution in [0, 0.1) is 5.92 Å². The van der Waals surface area contributed by atoms with Crippen LogP contribution in [0.25, 0.3) is 0 Å². The molecule has 2 N–H and O–H groups in total. The Bertz CT molecular complexity index is 452. The van der Waals surface area contributed by atoms with Crippen LogP contribution in [0.15, 0.2) is 24.3 Å². The fourth-order valence-corrected chi connectivity index (χ4v) is 3.82. The van der Waals surface area contributed by atoms with E-state index in [-0.39, 0.29) is 5.54 Å². The summed E-state index contributed by atoms with van der Waals surface area (Å²) < 4.78 is 5.67. The summed E-state index contributed by atoms with van der Waals surface area (Å²) in [5.74, 6) is 0.692. The van der Waals surface area contributed by atoms with Crippen molar-refractivity contribution in [2.45, 2.75) is 38.1 Å². The van der Waals surface area contributed by atoms with Gasteiger partial charge in [0.1, 0.15) is 0 Å². The summed E-state index contributed by atoms with van der Waals surface area (Å²) in [5.41, 5.74) is 9.21. The highest BCUT2D eigenvalue weighted by atomic mass is 16.5. The van der Waals surface area contributed by atoms with Gasteiger partial charge in [-0.25, -0.2) is 0 Å². The minimum Gasteiger partial charge on any atom is -0.381 e. The van der Waals surface area contributed by atoms with E-state index in [1.807, 2.05) is 0 Å². The molecule has 0 spiro atoms. The molecule has 2 heterocycles. The van der Waals surface area contributed by atoms with Gasteiger partial charge in [0.2, 0.25) is 0 Å². The summed E-state index contributed by atoms with van der Waals surface area (Å²) in [4.78, 5) is 2.60. The SMILES string of the molecule is CC1Cc2ccccc2N(C2(CN)CCCOCC2)C1. The van der Waals surface area contributed by atoms with Crippen LogP contribution in [-0.2, 0) is 11.2 Å². The van der Waals surface area contributed by atoms with Crippen LogP contribution in [0.4, 0.5) is 5.69 Å². The highest BCUT2D eigenvalue weighted by Gasteiger charge is 2.39. The lowest BCUT2D eigenvalue weighted by Crippen LogP contribution is -2.57. The van der Waals surface area contributed by atoms with Crippen LogP contribution in [0.2, 0.25) is 0 Å². The maximum atomic E-state index is 6.24. The fraction of sp³-hybridized carbons (Fsp3) is 0.647. The first-order chi connectivity index (χ1) is 9.75. The highest BCUT2D eigenvalue weighted by molar-refractivity contribution is 5.58. The Morgan fingerprint density at radius 2 is 2.15 bits per heavy atom. The molecular formula is C17H26N2O. The average molecular weight is 274 g/mol. The molecule has 1 aromatic rings. The second-order valence-corrected chi connectivity index (χ2v) is 6.44. The summed E-state index contributed by atoms with van der Waals surface area (Å²) in [7, 11) is 0. The van der Waals surface area contributed by atoms with E-state index in [9.17, 15) is 0 Å². The maximum absolute atomic E-state index is 6.24. The van der Waals surface area contributed by atoms with E-state index < -0.39 is 0 Å². The number of benzene rings is 1. The number of para-hydroxylation sites is 1. The van der Waals surface area contributed by atoms with Crippen LogP contribution in [0.3, 0.4) is 0 Å². The predicted molar refractivity (Wildman–Crippen MR) is 83.1 cm³/mol. The lowest BCUT2D eigenvalue weighted by Gasteiger charge is -2.48. The Labute approximate surface area is 122 Å². The van der Waals surface area contributed by atoms with Gasteiger partial charge in [-0.3, -0.25) is 0 Å². The van der Waals surface area contributed by atoms with Gasteiger partial charge in [0.05, 0.1) is 5.54 Å². The normalized spacial score (nSPS) is 30.7. The first-order valence-corrected chi connectivity index (χ1v) is 7.88. The fourth-order valence-electron chi connectivity index (χ4n) is 3.82. The topological polar surface area (TPSA) is 38.5 Å². The van der Waals surface area contributed by atoms with Crippen molar-refractivity contribution in [1.29, 1.82) is 0 Å². The number of hydrogen-bond donors (Lipinski definition) is 1. The van der Waals surface area contributed by atoms with Crippen molar-refractivity contribution in [1.82, 2.24) is 0 Å². The summed E-state index contributed by atoms with van der Waals surface area (Å²) in [6.45, 7) is 5.91. The molecule has 0 aliphatic carbocycles. The molecule has 0 saturated carbocycles. The molecule has 3 rings (SSSR count). The lowest BCUT2D eigenvalue weighted by atomic mass is 9.83. The van der Waals surface area contributed by atoms with Gasteiger partial charge in [0, 0.05) is 32.0 Å². The quantitative estimate of drug-likeness (QED) is 0.901. The molecule has 2 unspecified atom stereocenters. The number of nitrogens with zero attached hydrogens (tertiary/aromatic N) is 1. The molecule has 0 amide bonds. The molecule has 20 heavy (non-hydrogen) atoms. The number of fused-ring (bicyclic) bond motifs is 1. The molecule has 0 bridgehead atoms. The molecule has 1 saturated heterocycles. The van der Waals surface area contributed by atoms with Gasteiger partial charge in [0.15, 0.2) is 0 Å². The van der Waals surface area contributed by atoms with Crippen LogP contribution in [0.1, 0.15) is 31.7 Å². The first kappa shape index (κ1) is 13.9. The van der Waals surface area contributed by atoms with Crippen LogP contribution in [-0.4, -0.2) is 31.8 Å². The first-order valence-electron chi connectivity index (χ1n) is 7.88. The van der Waals surface area contributed by atoms with E-state index in [0.29, 0.717) is 5.92 Å². The van der Waals surface area contributed by atoms with Crippen molar-refractivity contribution in [3.05, 3.63) is 29.8 Å². The van der Waals surface area contributed by atoms with E-state index >= 15 is 0 Å². The van der Waals surface area contributed by atoms with Crippen LogP contribution >= 0.6 is 0 Å². The second kappa shape index (κ2) is 5.74. The van der Waals surface area contributed by atoms with Crippen molar-refractivity contribution >= 4 is 5.69 Å². The summed E-state index contributed by atoms with van der Waals surface area (Å²) in [6.07, 6.45) is 4.49. The van der Waals surface area contributed by atoms with Crippen molar-refractivity contribution in [2.75, 3.05) is 31.2 Å². The smallest absolute Gasteiger partial charge is 0.0547 e. The van der Waals surface area contributed by atoms with Gasteiger partial charge in [-0.15, -0.1) is 0 Å². The summed E-state index contributed by atoms with van der Waals surface area (Å²) in [5, 5.41) is 0. The molecule has 2 aliphatic heterocycles. The Balaban J connectivity index is 1.98. The maximum Gasteiger partial charge on any atom is 0.0547 e. The van der Waals surface area contributed by atoms with Crippen molar-refractivity contribution in [3.8, 4) is 0 Å². The van der Waals surface area contributed by atoms with E-state index in [4.69, 9.17) is 10.5 Å². The number of rotatable bonds is 2. The third-order valence-electron chi connectivity index (χ3n) is 4.94. The number of anilines is 1. The van der Waals surface area contributed by atoms with Gasteiger partial charge in [-0.1, -0.05) is 25.1 Å². The van der Waals surface area contributed by atoms with E-state index in [1.165, 1.54) is 17.7 Å². The minimum absolute atomic E-state index is 0.0846. The Hall–Kier alpha value is -1.06. The predicted octanol–water partition coefficient (Wildman–Crippen LogP) is 2.58. The number of ether oxygens (including phenoxy) is 1. The zero-order chi connectivity index (χ0) is 14.0. The van der Waals surface area contributed by atoms with Gasteiger partial charge in [-0.2, -0.15) is 0 Å². The Morgan fingerprint density at radius 3 is 3.00 bits per heavy atom. The van der Waals surface area contributed by atoms with Gasteiger partial charge in [-0.05, 0) is 43.2 Å². The van der Waals surface area contributed by atoms with Crippen LogP contribution < -0.4 is 10.6 Å². The molecular weight excluding hydrogens is 248 g/mol. The largest absolute Gasteiger partial charge is 0.381 e. The van der Waals surface area contributed by atoms with Gasteiger partial charge >= 0.3 is 0 Å². The zero-order valence-corrected chi connectivity index (χ0v) is 12.5. The molecule has 110 valence electrons. The summed E-state index contributed by atoms with van der Waals surface area (Å²) in [6, 6.07) is 8.85. The Morgan fingerprint density at radius 1 is 1.30 bits per heavy atom. The Kier molecular flexibility index (Phi) is 3.99. The zero-order valence-electron chi connectivity index (χ0n) is 12.5. The monoisotopic (exact) mass is 274 g/mol. The average Bonchev–Trinajstić information content (AvgIpc) is 2.72. The molecule has 2 atom stereocenters. The standard InChI is InChI=1S/C17H26N2O/c1-14-11-15-5-2-3-6-16(15)19(12-14)17(13-18)7-4-9-20-10-8-17/h2-3,5-6,14H,4,7-13,18H2,1H3. The van der Waals surface area contributed by atoms with E-state index in [0.717, 1.165) is 45.6 Å². The molecule has 0 radical (unpaired) electrons. The molecule has 1 aromatic carbocycles. The van der Waals surface area contributed by atoms with Crippen LogP contribution in [0.5, 0.6) is 0 Å². The van der Waals surface area contributed by atoms with E-state index in [1.54, 1.807) is 0 Å². The molecule has 0 aromatic heterocycles. The molecule has 3 nitrogen and oxygen atoms in total. The lowest BCUT2D eigenvalue weighted by molar-refractivity contribution is 0.139.